The van der Waals surface area contributed by atoms with Crippen LogP contribution in [0.15, 0.2) is 35.5 Å². The zero-order valence-electron chi connectivity index (χ0n) is 13.9. The number of hydrogen-bond donors (Lipinski definition) is 2. The van der Waals surface area contributed by atoms with E-state index in [1.165, 1.54) is 10.4 Å². The molecule has 0 saturated heterocycles. The number of rotatable bonds is 4. The summed E-state index contributed by atoms with van der Waals surface area (Å²) < 4.78 is 5.72. The highest BCUT2D eigenvalue weighted by Gasteiger charge is 2.21. The van der Waals surface area contributed by atoms with Gasteiger partial charge in [0.15, 0.2) is 5.96 Å². The molecule has 3 rings (SSSR count). The first-order valence-electron chi connectivity index (χ1n) is 7.94. The van der Waals surface area contributed by atoms with Gasteiger partial charge in [-0.2, -0.15) is 0 Å². The van der Waals surface area contributed by atoms with Crippen molar-refractivity contribution < 1.29 is 4.74 Å². The molecule has 1 unspecified atom stereocenters. The van der Waals surface area contributed by atoms with Crippen molar-refractivity contribution in [3.8, 4) is 5.75 Å². The maximum Gasteiger partial charge on any atom is 0.192 e. The molecule has 2 aromatic rings. The molecule has 2 heterocycles. The van der Waals surface area contributed by atoms with Crippen LogP contribution in [0, 0.1) is 6.92 Å². The van der Waals surface area contributed by atoms with E-state index in [1.807, 2.05) is 24.4 Å². The number of ether oxygens (including phenoxy) is 1. The summed E-state index contributed by atoms with van der Waals surface area (Å²) >= 11 is 1.69. The van der Waals surface area contributed by atoms with E-state index in [0.717, 1.165) is 36.3 Å². The predicted molar refractivity (Wildman–Crippen MR) is 110 cm³/mol. The van der Waals surface area contributed by atoms with E-state index in [-0.39, 0.29) is 30.0 Å². The SMILES string of the molecule is CCNC(=NCc1ncc(C)s1)NC1CCOc2ccccc21.I. The minimum atomic E-state index is 0. The van der Waals surface area contributed by atoms with Crippen LogP contribution < -0.4 is 15.4 Å². The largest absolute Gasteiger partial charge is 0.493 e. The highest BCUT2D eigenvalue weighted by molar-refractivity contribution is 14.0. The van der Waals surface area contributed by atoms with Gasteiger partial charge in [0, 0.05) is 29.6 Å². The van der Waals surface area contributed by atoms with Gasteiger partial charge in [0.2, 0.25) is 0 Å². The van der Waals surface area contributed by atoms with Crippen LogP contribution in [0.4, 0.5) is 0 Å². The first-order chi connectivity index (χ1) is 11.3. The molecule has 5 nitrogen and oxygen atoms in total. The Labute approximate surface area is 164 Å². The monoisotopic (exact) mass is 458 g/mol. The summed E-state index contributed by atoms with van der Waals surface area (Å²) in [5.41, 5.74) is 1.19. The van der Waals surface area contributed by atoms with Crippen molar-refractivity contribution in [2.45, 2.75) is 32.9 Å². The molecule has 0 fully saturated rings. The van der Waals surface area contributed by atoms with Crippen LogP contribution in [0.25, 0.3) is 0 Å². The molecule has 0 spiro atoms. The van der Waals surface area contributed by atoms with Gasteiger partial charge in [-0.25, -0.2) is 9.98 Å². The van der Waals surface area contributed by atoms with Crippen LogP contribution in [0.5, 0.6) is 5.75 Å². The fraction of sp³-hybridized carbons (Fsp3) is 0.412. The number of hydrogen-bond acceptors (Lipinski definition) is 4. The Morgan fingerprint density at radius 3 is 3.00 bits per heavy atom. The van der Waals surface area contributed by atoms with Gasteiger partial charge in [0.25, 0.3) is 0 Å². The molecule has 1 aromatic heterocycles. The second-order valence-corrected chi connectivity index (χ2v) is 6.75. The average molecular weight is 458 g/mol. The molecule has 0 amide bonds. The number of aliphatic imine (C=N–C) groups is 1. The van der Waals surface area contributed by atoms with E-state index in [1.54, 1.807) is 11.3 Å². The van der Waals surface area contributed by atoms with Crippen molar-refractivity contribution in [1.82, 2.24) is 15.6 Å². The molecular weight excluding hydrogens is 435 g/mol. The molecule has 7 heteroatoms. The number of nitrogens with zero attached hydrogens (tertiary/aromatic N) is 2. The number of fused-ring (bicyclic) bond motifs is 1. The number of halogens is 1. The fourth-order valence-electron chi connectivity index (χ4n) is 2.60. The molecule has 0 saturated carbocycles. The number of nitrogens with one attached hydrogen (secondary N) is 2. The summed E-state index contributed by atoms with van der Waals surface area (Å²) in [5, 5.41) is 7.87. The van der Waals surface area contributed by atoms with Gasteiger partial charge in [0.05, 0.1) is 19.2 Å². The third-order valence-corrected chi connectivity index (χ3v) is 4.55. The van der Waals surface area contributed by atoms with Gasteiger partial charge in [-0.05, 0) is 19.9 Å². The standard InChI is InChI=1S/C17H22N4OS.HI/c1-3-18-17(20-11-16-19-10-12(2)23-16)21-14-8-9-22-15-7-5-4-6-13(14)15;/h4-7,10,14H,3,8-9,11H2,1-2H3,(H2,18,20,21);1H. The fourth-order valence-corrected chi connectivity index (χ4v) is 3.31. The summed E-state index contributed by atoms with van der Waals surface area (Å²) in [4.78, 5) is 10.2. The Bertz CT molecular complexity index is 689. The van der Waals surface area contributed by atoms with Crippen LogP contribution in [-0.4, -0.2) is 24.1 Å². The zero-order chi connectivity index (χ0) is 16.1. The smallest absolute Gasteiger partial charge is 0.192 e. The summed E-state index contributed by atoms with van der Waals surface area (Å²) in [6.07, 6.45) is 2.82. The number of para-hydroxylation sites is 1. The van der Waals surface area contributed by atoms with Gasteiger partial charge < -0.3 is 15.4 Å². The summed E-state index contributed by atoms with van der Waals surface area (Å²) in [6, 6.07) is 8.40. The zero-order valence-corrected chi connectivity index (χ0v) is 17.1. The Hall–Kier alpha value is -1.35. The molecule has 130 valence electrons. The van der Waals surface area contributed by atoms with E-state index in [2.05, 4.69) is 40.5 Å². The molecule has 24 heavy (non-hydrogen) atoms. The molecule has 1 atom stereocenters. The van der Waals surface area contributed by atoms with Crippen molar-refractivity contribution in [2.24, 2.45) is 4.99 Å². The second-order valence-electron chi connectivity index (χ2n) is 5.43. The van der Waals surface area contributed by atoms with E-state index in [0.29, 0.717) is 6.54 Å². The minimum absolute atomic E-state index is 0. The van der Waals surface area contributed by atoms with E-state index in [4.69, 9.17) is 4.74 Å². The lowest BCUT2D eigenvalue weighted by atomic mass is 10.0. The normalized spacial score (nSPS) is 16.6. The molecule has 0 radical (unpaired) electrons. The van der Waals surface area contributed by atoms with Crippen LogP contribution in [0.1, 0.15) is 34.8 Å². The van der Waals surface area contributed by atoms with E-state index < -0.39 is 0 Å². The number of guanidine groups is 1. The molecule has 1 aromatic carbocycles. The van der Waals surface area contributed by atoms with Crippen LogP contribution in [0.3, 0.4) is 0 Å². The molecular formula is C17H23IN4OS. The number of aryl methyl sites for hydroxylation is 1. The molecule has 0 bridgehead atoms. The summed E-state index contributed by atoms with van der Waals surface area (Å²) in [5.74, 6) is 1.78. The lowest BCUT2D eigenvalue weighted by Gasteiger charge is -2.28. The molecule has 1 aliphatic rings. The van der Waals surface area contributed by atoms with Crippen molar-refractivity contribution in [2.75, 3.05) is 13.2 Å². The Balaban J connectivity index is 0.00000208. The molecule has 2 N–H and O–H groups in total. The predicted octanol–water partition coefficient (Wildman–Crippen LogP) is 3.65. The van der Waals surface area contributed by atoms with Gasteiger partial charge in [0.1, 0.15) is 10.8 Å². The highest BCUT2D eigenvalue weighted by Crippen LogP contribution is 2.31. The van der Waals surface area contributed by atoms with Gasteiger partial charge in [-0.1, -0.05) is 18.2 Å². The van der Waals surface area contributed by atoms with Crippen molar-refractivity contribution in [3.05, 3.63) is 45.9 Å². The molecule has 0 aliphatic carbocycles. The lowest BCUT2D eigenvalue weighted by molar-refractivity contribution is 0.261. The Morgan fingerprint density at radius 1 is 1.42 bits per heavy atom. The number of benzene rings is 1. The molecule has 1 aliphatic heterocycles. The second kappa shape index (κ2) is 9.22. The van der Waals surface area contributed by atoms with Gasteiger partial charge >= 0.3 is 0 Å². The van der Waals surface area contributed by atoms with E-state index >= 15 is 0 Å². The van der Waals surface area contributed by atoms with Crippen molar-refractivity contribution >= 4 is 41.3 Å². The maximum atomic E-state index is 5.72. The van der Waals surface area contributed by atoms with Crippen LogP contribution in [0.2, 0.25) is 0 Å². The van der Waals surface area contributed by atoms with Crippen molar-refractivity contribution in [3.63, 3.8) is 0 Å². The Kier molecular flexibility index (Phi) is 7.29. The van der Waals surface area contributed by atoms with Crippen LogP contribution >= 0.6 is 35.3 Å². The number of aromatic nitrogens is 1. The first kappa shape index (κ1) is 19.0. The quantitative estimate of drug-likeness (QED) is 0.417. The third-order valence-electron chi connectivity index (χ3n) is 3.66. The van der Waals surface area contributed by atoms with Gasteiger partial charge in [-0.15, -0.1) is 35.3 Å². The highest BCUT2D eigenvalue weighted by atomic mass is 127. The summed E-state index contributed by atoms with van der Waals surface area (Å²) in [6.45, 7) is 6.28. The first-order valence-corrected chi connectivity index (χ1v) is 8.76. The topological polar surface area (TPSA) is 58.5 Å². The number of thiazole rings is 1. The summed E-state index contributed by atoms with van der Waals surface area (Å²) in [7, 11) is 0. The third kappa shape index (κ3) is 4.83. The van der Waals surface area contributed by atoms with Crippen LogP contribution in [-0.2, 0) is 6.54 Å². The van der Waals surface area contributed by atoms with Gasteiger partial charge in [-0.3, -0.25) is 0 Å². The Morgan fingerprint density at radius 2 is 2.25 bits per heavy atom. The average Bonchev–Trinajstić information content (AvgIpc) is 2.99. The van der Waals surface area contributed by atoms with E-state index in [9.17, 15) is 0 Å². The minimum Gasteiger partial charge on any atom is -0.493 e. The maximum absolute atomic E-state index is 5.72. The van der Waals surface area contributed by atoms with Crippen molar-refractivity contribution in [1.29, 1.82) is 0 Å². The lowest BCUT2D eigenvalue weighted by Crippen LogP contribution is -2.41.